The molecule has 0 bridgehead atoms. The molecule has 18 heavy (non-hydrogen) atoms. The summed E-state index contributed by atoms with van der Waals surface area (Å²) in [6, 6.07) is 3.35. The van der Waals surface area contributed by atoms with Crippen molar-refractivity contribution in [3.8, 4) is 11.3 Å². The average molecular weight is 268 g/mol. The molecule has 0 aliphatic carbocycles. The van der Waals surface area contributed by atoms with Crippen LogP contribution in [0.4, 0.5) is 4.39 Å². The highest BCUT2D eigenvalue weighted by molar-refractivity contribution is 6.31. The van der Waals surface area contributed by atoms with Crippen molar-refractivity contribution >= 4 is 11.6 Å². The summed E-state index contributed by atoms with van der Waals surface area (Å²) < 4.78 is 19.2. The molecule has 2 aromatic rings. The van der Waals surface area contributed by atoms with Crippen molar-refractivity contribution in [1.29, 1.82) is 0 Å². The van der Waals surface area contributed by atoms with Crippen molar-refractivity contribution in [1.82, 2.24) is 4.98 Å². The third kappa shape index (κ3) is 2.41. The molecule has 0 N–H and O–H groups in total. The summed E-state index contributed by atoms with van der Waals surface area (Å²) in [5.74, 6) is 0.205. The Bertz CT molecular complexity index is 584. The van der Waals surface area contributed by atoms with Crippen molar-refractivity contribution in [2.45, 2.75) is 33.1 Å². The molecule has 96 valence electrons. The average Bonchev–Trinajstić information content (AvgIpc) is 2.67. The van der Waals surface area contributed by atoms with E-state index in [0.29, 0.717) is 17.1 Å². The Labute approximate surface area is 111 Å². The van der Waals surface area contributed by atoms with E-state index in [1.807, 2.05) is 20.8 Å². The number of halogens is 2. The van der Waals surface area contributed by atoms with Crippen molar-refractivity contribution < 1.29 is 8.81 Å². The predicted octanol–water partition coefficient (Wildman–Crippen LogP) is 4.74. The minimum atomic E-state index is -0.367. The maximum Gasteiger partial charge on any atom is 0.191 e. The molecule has 0 aliphatic rings. The maximum absolute atomic E-state index is 14.0. The van der Waals surface area contributed by atoms with Gasteiger partial charge in [0.1, 0.15) is 17.8 Å². The van der Waals surface area contributed by atoms with E-state index in [4.69, 9.17) is 16.0 Å². The topological polar surface area (TPSA) is 26.0 Å². The number of nitrogens with zero attached hydrogens (tertiary/aromatic N) is 1. The summed E-state index contributed by atoms with van der Waals surface area (Å²) >= 11 is 5.95. The summed E-state index contributed by atoms with van der Waals surface area (Å²) in [4.78, 5) is 4.23. The SMILES string of the molecule is Cc1nc(-c2cc(Cl)c(F)c(C(C)(C)C)c2)co1. The Morgan fingerprint density at radius 3 is 2.44 bits per heavy atom. The lowest BCUT2D eigenvalue weighted by atomic mass is 9.85. The molecule has 0 aliphatic heterocycles. The third-order valence-corrected chi connectivity index (χ3v) is 3.03. The molecule has 2 nitrogen and oxygen atoms in total. The van der Waals surface area contributed by atoms with E-state index >= 15 is 0 Å². The van der Waals surface area contributed by atoms with E-state index in [9.17, 15) is 4.39 Å². The Kier molecular flexibility index (Phi) is 3.20. The molecule has 0 fully saturated rings. The monoisotopic (exact) mass is 267 g/mol. The molecule has 1 heterocycles. The summed E-state index contributed by atoms with van der Waals surface area (Å²) in [7, 11) is 0. The van der Waals surface area contributed by atoms with Crippen molar-refractivity contribution in [3.63, 3.8) is 0 Å². The van der Waals surface area contributed by atoms with Crippen LogP contribution in [-0.2, 0) is 5.41 Å². The fourth-order valence-corrected chi connectivity index (χ4v) is 2.00. The van der Waals surface area contributed by atoms with Gasteiger partial charge in [-0.15, -0.1) is 0 Å². The fourth-order valence-electron chi connectivity index (χ4n) is 1.78. The zero-order chi connectivity index (χ0) is 13.5. The van der Waals surface area contributed by atoms with E-state index in [1.54, 1.807) is 25.3 Å². The number of hydrogen-bond acceptors (Lipinski definition) is 2. The van der Waals surface area contributed by atoms with Gasteiger partial charge in [-0.05, 0) is 23.1 Å². The van der Waals surface area contributed by atoms with Gasteiger partial charge < -0.3 is 4.42 Å². The molecule has 1 aromatic carbocycles. The van der Waals surface area contributed by atoms with E-state index in [0.717, 1.165) is 5.56 Å². The van der Waals surface area contributed by atoms with Gasteiger partial charge in [0.25, 0.3) is 0 Å². The summed E-state index contributed by atoms with van der Waals surface area (Å²) in [6.45, 7) is 7.60. The van der Waals surface area contributed by atoms with E-state index in [-0.39, 0.29) is 16.3 Å². The second-order valence-electron chi connectivity index (χ2n) is 5.32. The maximum atomic E-state index is 14.0. The van der Waals surface area contributed by atoms with Crippen molar-refractivity contribution in [2.75, 3.05) is 0 Å². The molecule has 2 rings (SSSR count). The summed E-state index contributed by atoms with van der Waals surface area (Å²) in [6.07, 6.45) is 1.55. The van der Waals surface area contributed by atoms with E-state index in [1.165, 1.54) is 0 Å². The minimum absolute atomic E-state index is 0.109. The molecular formula is C14H15ClFNO. The predicted molar refractivity (Wildman–Crippen MR) is 70.3 cm³/mol. The lowest BCUT2D eigenvalue weighted by molar-refractivity contribution is 0.521. The van der Waals surface area contributed by atoms with E-state index in [2.05, 4.69) is 4.98 Å². The van der Waals surface area contributed by atoms with Crippen LogP contribution in [0, 0.1) is 12.7 Å². The largest absolute Gasteiger partial charge is 0.449 e. The van der Waals surface area contributed by atoms with Gasteiger partial charge in [-0.3, -0.25) is 0 Å². The third-order valence-electron chi connectivity index (χ3n) is 2.75. The highest BCUT2D eigenvalue weighted by Crippen LogP contribution is 2.33. The van der Waals surface area contributed by atoms with Crippen LogP contribution in [0.2, 0.25) is 5.02 Å². The number of aryl methyl sites for hydroxylation is 1. The lowest BCUT2D eigenvalue weighted by Crippen LogP contribution is -2.14. The van der Waals surface area contributed by atoms with Gasteiger partial charge in [-0.1, -0.05) is 32.4 Å². The first-order valence-corrected chi connectivity index (χ1v) is 6.09. The molecule has 1 aromatic heterocycles. The molecule has 0 spiro atoms. The number of oxazole rings is 1. The molecule has 4 heteroatoms. The van der Waals surface area contributed by atoms with Crippen molar-refractivity contribution in [2.24, 2.45) is 0 Å². The molecule has 0 unspecified atom stereocenters. The number of hydrogen-bond donors (Lipinski definition) is 0. The zero-order valence-electron chi connectivity index (χ0n) is 10.8. The first kappa shape index (κ1) is 13.1. The highest BCUT2D eigenvalue weighted by Gasteiger charge is 2.22. The Morgan fingerprint density at radius 2 is 1.94 bits per heavy atom. The van der Waals surface area contributed by atoms with E-state index < -0.39 is 0 Å². The van der Waals surface area contributed by atoms with Crippen LogP contribution in [0.5, 0.6) is 0 Å². The summed E-state index contributed by atoms with van der Waals surface area (Å²) in [5.41, 5.74) is 1.69. The number of benzene rings is 1. The van der Waals surface area contributed by atoms with Gasteiger partial charge in [0.2, 0.25) is 0 Å². The second kappa shape index (κ2) is 4.39. The van der Waals surface area contributed by atoms with Gasteiger partial charge in [-0.25, -0.2) is 9.37 Å². The molecule has 0 saturated heterocycles. The van der Waals surface area contributed by atoms with Gasteiger partial charge in [0.15, 0.2) is 5.89 Å². The highest BCUT2D eigenvalue weighted by atomic mass is 35.5. The lowest BCUT2D eigenvalue weighted by Gasteiger charge is -2.21. The summed E-state index contributed by atoms with van der Waals surface area (Å²) in [5, 5.41) is 0.109. The van der Waals surface area contributed by atoms with Crippen LogP contribution in [-0.4, -0.2) is 4.98 Å². The van der Waals surface area contributed by atoms with Crippen LogP contribution in [0.25, 0.3) is 11.3 Å². The quantitative estimate of drug-likeness (QED) is 0.746. The van der Waals surface area contributed by atoms with Crippen molar-refractivity contribution in [3.05, 3.63) is 40.7 Å². The second-order valence-corrected chi connectivity index (χ2v) is 5.73. The Balaban J connectivity index is 2.61. The molecule has 0 amide bonds. The minimum Gasteiger partial charge on any atom is -0.449 e. The Morgan fingerprint density at radius 1 is 1.28 bits per heavy atom. The smallest absolute Gasteiger partial charge is 0.191 e. The van der Waals surface area contributed by atoms with Crippen LogP contribution in [0.3, 0.4) is 0 Å². The number of rotatable bonds is 1. The first-order valence-electron chi connectivity index (χ1n) is 5.71. The van der Waals surface area contributed by atoms with Crippen LogP contribution < -0.4 is 0 Å². The van der Waals surface area contributed by atoms with Gasteiger partial charge in [0, 0.05) is 12.5 Å². The van der Waals surface area contributed by atoms with Gasteiger partial charge in [-0.2, -0.15) is 0 Å². The van der Waals surface area contributed by atoms with Crippen LogP contribution >= 0.6 is 11.6 Å². The molecular weight excluding hydrogens is 253 g/mol. The first-order chi connectivity index (χ1) is 8.29. The standard InChI is InChI=1S/C14H15ClFNO/c1-8-17-12(7-18-8)9-5-10(14(2,3)4)13(16)11(15)6-9/h5-7H,1-4H3. The fraction of sp³-hybridized carbons (Fsp3) is 0.357. The van der Waals surface area contributed by atoms with Gasteiger partial charge in [0.05, 0.1) is 5.02 Å². The normalized spacial score (nSPS) is 11.9. The zero-order valence-corrected chi connectivity index (χ0v) is 11.6. The molecule has 0 saturated carbocycles. The Hall–Kier alpha value is -1.35. The van der Waals surface area contributed by atoms with Gasteiger partial charge >= 0.3 is 0 Å². The van der Waals surface area contributed by atoms with Crippen LogP contribution in [0.1, 0.15) is 32.2 Å². The molecule has 0 radical (unpaired) electrons. The molecule has 0 atom stereocenters. The van der Waals surface area contributed by atoms with Crippen LogP contribution in [0.15, 0.2) is 22.8 Å². The number of aromatic nitrogens is 1.